The van der Waals surface area contributed by atoms with Gasteiger partial charge in [-0.3, -0.25) is 4.79 Å². The van der Waals surface area contributed by atoms with Gasteiger partial charge in [0, 0.05) is 31.7 Å². The Bertz CT molecular complexity index is 1540. The molecule has 1 aromatic heterocycles. The number of thiazole rings is 1. The van der Waals surface area contributed by atoms with Crippen molar-refractivity contribution in [1.29, 1.82) is 0 Å². The van der Waals surface area contributed by atoms with E-state index in [0.29, 0.717) is 10.2 Å². The molecular weight excluding hydrogens is 608 g/mol. The highest BCUT2D eigenvalue weighted by Crippen LogP contribution is 2.37. The Morgan fingerprint density at radius 3 is 2.08 bits per heavy atom. The van der Waals surface area contributed by atoms with Crippen molar-refractivity contribution in [1.82, 2.24) is 4.98 Å². The van der Waals surface area contributed by atoms with Crippen LogP contribution in [0.5, 0.6) is 0 Å². The number of thioether (sulfide) groups is 1. The number of nitrogens with one attached hydrogen (secondary N) is 3. The Kier molecular flexibility index (Phi) is 9.05. The van der Waals surface area contributed by atoms with E-state index in [1.54, 1.807) is 0 Å². The number of hydrogen-bond donors (Lipinski definition) is 3. The Morgan fingerprint density at radius 1 is 0.795 bits per heavy atom. The van der Waals surface area contributed by atoms with Crippen LogP contribution in [-0.4, -0.2) is 16.0 Å². The summed E-state index contributed by atoms with van der Waals surface area (Å²) in [5.74, 6) is -0.127. The monoisotopic (exact) mass is 630 g/mol. The van der Waals surface area contributed by atoms with E-state index in [1.807, 2.05) is 115 Å². The van der Waals surface area contributed by atoms with E-state index < -0.39 is 5.25 Å². The lowest BCUT2D eigenvalue weighted by molar-refractivity contribution is -0.115. The van der Waals surface area contributed by atoms with E-state index in [0.717, 1.165) is 37.6 Å². The molecule has 3 N–H and O–H groups in total. The zero-order chi connectivity index (χ0) is 27.0. The fourth-order valence-corrected chi connectivity index (χ4v) is 5.97. The normalized spacial score (nSPS) is 11.4. The SMILES string of the molecule is O=C(Nc1nc(-c2ccc(Br)cc2)cs1)C(Sc1ccc(NC(=S)Nc2ccccc2)cc1)c1ccccc1. The second-order valence-corrected chi connectivity index (χ2v) is 11.8. The lowest BCUT2D eigenvalue weighted by atomic mass is 10.1. The van der Waals surface area contributed by atoms with Crippen molar-refractivity contribution in [3.63, 3.8) is 0 Å². The van der Waals surface area contributed by atoms with E-state index in [9.17, 15) is 4.79 Å². The van der Waals surface area contributed by atoms with Gasteiger partial charge in [0.1, 0.15) is 5.25 Å². The molecule has 5 nitrogen and oxygen atoms in total. The van der Waals surface area contributed by atoms with Crippen molar-refractivity contribution >= 4 is 78.8 Å². The summed E-state index contributed by atoms with van der Waals surface area (Å²) in [6.45, 7) is 0. The Hall–Kier alpha value is -3.50. The Labute approximate surface area is 249 Å². The predicted octanol–water partition coefficient (Wildman–Crippen LogP) is 8.85. The van der Waals surface area contributed by atoms with Gasteiger partial charge in [-0.15, -0.1) is 23.1 Å². The number of carbonyl (C=O) groups is 1. The molecule has 1 heterocycles. The molecule has 1 unspecified atom stereocenters. The number of hydrogen-bond acceptors (Lipinski definition) is 5. The third-order valence-corrected chi connectivity index (χ3v) is 8.37. The number of rotatable bonds is 8. The maximum absolute atomic E-state index is 13.5. The molecule has 4 aromatic carbocycles. The Morgan fingerprint density at radius 2 is 1.41 bits per heavy atom. The fraction of sp³-hybridized carbons (Fsp3) is 0.0333. The van der Waals surface area contributed by atoms with Crippen molar-refractivity contribution in [2.45, 2.75) is 10.1 Å². The van der Waals surface area contributed by atoms with Gasteiger partial charge in [0.05, 0.1) is 5.69 Å². The molecule has 0 aliphatic carbocycles. The van der Waals surface area contributed by atoms with Crippen LogP contribution in [0.2, 0.25) is 0 Å². The van der Waals surface area contributed by atoms with Crippen molar-refractivity contribution in [2.24, 2.45) is 0 Å². The molecule has 0 aliphatic rings. The summed E-state index contributed by atoms with van der Waals surface area (Å²) in [4.78, 5) is 19.1. The van der Waals surface area contributed by atoms with Crippen LogP contribution in [0, 0.1) is 0 Å². The number of para-hydroxylation sites is 1. The van der Waals surface area contributed by atoms with Gasteiger partial charge in [-0.2, -0.15) is 0 Å². The van der Waals surface area contributed by atoms with Crippen molar-refractivity contribution in [3.05, 3.63) is 125 Å². The van der Waals surface area contributed by atoms with Gasteiger partial charge in [0.15, 0.2) is 10.2 Å². The first-order valence-corrected chi connectivity index (χ1v) is 15.0. The number of aromatic nitrogens is 1. The quantitative estimate of drug-likeness (QED) is 0.118. The molecule has 5 aromatic rings. The number of benzene rings is 4. The fourth-order valence-electron chi connectivity index (χ4n) is 3.72. The lowest BCUT2D eigenvalue weighted by Crippen LogP contribution is -2.19. The molecule has 1 atom stereocenters. The van der Waals surface area contributed by atoms with Gasteiger partial charge in [-0.05, 0) is 66.3 Å². The standard InChI is InChI=1S/C30H23BrN4OS3/c31-22-13-11-20(12-14-22)26-19-38-30(34-26)35-28(36)27(21-7-3-1-4-8-21)39-25-17-15-24(16-18-25)33-29(37)32-23-9-5-2-6-10-23/h1-19,27H,(H2,32,33,37)(H,34,35,36). The molecule has 194 valence electrons. The minimum Gasteiger partial charge on any atom is -0.332 e. The molecular formula is C30H23BrN4OS3. The topological polar surface area (TPSA) is 66.0 Å². The van der Waals surface area contributed by atoms with Gasteiger partial charge >= 0.3 is 0 Å². The van der Waals surface area contributed by atoms with Crippen LogP contribution in [0.25, 0.3) is 11.3 Å². The van der Waals surface area contributed by atoms with Crippen LogP contribution in [0.3, 0.4) is 0 Å². The molecule has 9 heteroatoms. The summed E-state index contributed by atoms with van der Waals surface area (Å²) in [6, 6.07) is 35.3. The summed E-state index contributed by atoms with van der Waals surface area (Å²) < 4.78 is 1.01. The second kappa shape index (κ2) is 13.0. The number of halogens is 1. The molecule has 39 heavy (non-hydrogen) atoms. The third-order valence-electron chi connectivity index (χ3n) is 5.61. The van der Waals surface area contributed by atoms with Gasteiger partial charge in [-0.25, -0.2) is 4.98 Å². The highest BCUT2D eigenvalue weighted by molar-refractivity contribution is 9.10. The summed E-state index contributed by atoms with van der Waals surface area (Å²) in [6.07, 6.45) is 0. The smallest absolute Gasteiger partial charge is 0.244 e. The molecule has 0 bridgehead atoms. The highest BCUT2D eigenvalue weighted by Gasteiger charge is 2.23. The molecule has 0 aliphatic heterocycles. The molecule has 0 saturated heterocycles. The number of carbonyl (C=O) groups excluding carboxylic acids is 1. The van der Waals surface area contributed by atoms with Crippen LogP contribution in [0.4, 0.5) is 16.5 Å². The van der Waals surface area contributed by atoms with E-state index in [4.69, 9.17) is 12.2 Å². The average Bonchev–Trinajstić information content (AvgIpc) is 3.42. The number of nitrogens with zero attached hydrogens (tertiary/aromatic N) is 1. The molecule has 1 amide bonds. The van der Waals surface area contributed by atoms with Crippen molar-refractivity contribution in [3.8, 4) is 11.3 Å². The van der Waals surface area contributed by atoms with Crippen molar-refractivity contribution < 1.29 is 4.79 Å². The van der Waals surface area contributed by atoms with Crippen molar-refractivity contribution in [2.75, 3.05) is 16.0 Å². The van der Waals surface area contributed by atoms with E-state index in [-0.39, 0.29) is 5.91 Å². The number of amides is 1. The summed E-state index contributed by atoms with van der Waals surface area (Å²) >= 11 is 11.8. The van der Waals surface area contributed by atoms with Crippen LogP contribution in [0.1, 0.15) is 10.8 Å². The van der Waals surface area contributed by atoms with Crippen LogP contribution in [0.15, 0.2) is 124 Å². The molecule has 0 radical (unpaired) electrons. The van der Waals surface area contributed by atoms with Crippen LogP contribution in [-0.2, 0) is 4.79 Å². The first-order valence-electron chi connectivity index (χ1n) is 12.0. The summed E-state index contributed by atoms with van der Waals surface area (Å²) in [5.41, 5.74) is 4.52. The highest BCUT2D eigenvalue weighted by atomic mass is 79.9. The van der Waals surface area contributed by atoms with Gasteiger partial charge < -0.3 is 16.0 Å². The summed E-state index contributed by atoms with van der Waals surface area (Å²) in [5, 5.41) is 12.0. The zero-order valence-corrected chi connectivity index (χ0v) is 24.5. The van der Waals surface area contributed by atoms with Crippen LogP contribution < -0.4 is 16.0 Å². The predicted molar refractivity (Wildman–Crippen MR) is 172 cm³/mol. The number of thiocarbonyl (C=S) groups is 1. The van der Waals surface area contributed by atoms with E-state index in [2.05, 4.69) is 36.9 Å². The van der Waals surface area contributed by atoms with E-state index in [1.165, 1.54) is 23.1 Å². The summed E-state index contributed by atoms with van der Waals surface area (Å²) in [7, 11) is 0. The van der Waals surface area contributed by atoms with E-state index >= 15 is 0 Å². The minimum atomic E-state index is -0.453. The third kappa shape index (κ3) is 7.54. The zero-order valence-electron chi connectivity index (χ0n) is 20.5. The molecule has 0 fully saturated rings. The maximum atomic E-state index is 13.5. The largest absolute Gasteiger partial charge is 0.332 e. The Balaban J connectivity index is 1.26. The van der Waals surface area contributed by atoms with Gasteiger partial charge in [-0.1, -0.05) is 76.6 Å². The molecule has 5 rings (SSSR count). The average molecular weight is 632 g/mol. The molecule has 0 spiro atoms. The first kappa shape index (κ1) is 27.1. The molecule has 0 saturated carbocycles. The number of anilines is 3. The van der Waals surface area contributed by atoms with Gasteiger partial charge in [0.2, 0.25) is 5.91 Å². The lowest BCUT2D eigenvalue weighted by Gasteiger charge is -2.17. The second-order valence-electron chi connectivity index (χ2n) is 8.41. The first-order chi connectivity index (χ1) is 19.0. The van der Waals surface area contributed by atoms with Gasteiger partial charge in [0.25, 0.3) is 0 Å². The maximum Gasteiger partial charge on any atom is 0.244 e. The minimum absolute atomic E-state index is 0.127. The van der Waals surface area contributed by atoms with Crippen LogP contribution >= 0.6 is 51.2 Å².